The molecule has 1 heterocycles. The number of carbonyl (C=O) groups excluding carboxylic acids is 1. The van der Waals surface area contributed by atoms with Gasteiger partial charge in [0.05, 0.1) is 6.04 Å². The van der Waals surface area contributed by atoms with Gasteiger partial charge in [-0.05, 0) is 44.2 Å². The number of nitrogens with zero attached hydrogens (tertiary/aromatic N) is 1. The number of carbonyl (C=O) groups is 1. The first kappa shape index (κ1) is 16.0. The number of hydrogen-bond acceptors (Lipinski definition) is 2. The maximum Gasteiger partial charge on any atom is 0.241 e. The summed E-state index contributed by atoms with van der Waals surface area (Å²) < 4.78 is 0. The standard InChI is InChI=1S/C18H28N2O/c1-7-14(6)20-17(19-16(11(2)3)18(20)21)15-9-8-12(4)10-13(15)5/h8-11,14,16-17,19H,7H2,1-6H3. The molecule has 1 aliphatic rings. The largest absolute Gasteiger partial charge is 0.319 e. The van der Waals surface area contributed by atoms with Gasteiger partial charge in [-0.25, -0.2) is 0 Å². The Labute approximate surface area is 128 Å². The predicted molar refractivity (Wildman–Crippen MR) is 87.0 cm³/mol. The lowest BCUT2D eigenvalue weighted by atomic mass is 10.0. The molecule has 2 rings (SSSR count). The SMILES string of the molecule is CCC(C)N1C(=O)C(C(C)C)NC1c1ccc(C)cc1C. The molecular weight excluding hydrogens is 260 g/mol. The Hall–Kier alpha value is -1.35. The quantitative estimate of drug-likeness (QED) is 0.919. The maximum atomic E-state index is 12.8. The van der Waals surface area contributed by atoms with Crippen LogP contribution in [0.25, 0.3) is 0 Å². The number of nitrogens with one attached hydrogen (secondary N) is 1. The highest BCUT2D eigenvalue weighted by Gasteiger charge is 2.43. The van der Waals surface area contributed by atoms with E-state index in [0.717, 1.165) is 6.42 Å². The molecule has 21 heavy (non-hydrogen) atoms. The minimum atomic E-state index is -0.0790. The lowest BCUT2D eigenvalue weighted by Crippen LogP contribution is -2.39. The van der Waals surface area contributed by atoms with Crippen molar-refractivity contribution in [3.63, 3.8) is 0 Å². The first-order valence-corrected chi connectivity index (χ1v) is 8.02. The van der Waals surface area contributed by atoms with Crippen LogP contribution in [0.15, 0.2) is 18.2 Å². The van der Waals surface area contributed by atoms with Crippen LogP contribution in [-0.2, 0) is 4.79 Å². The van der Waals surface area contributed by atoms with Crippen LogP contribution in [-0.4, -0.2) is 22.9 Å². The zero-order chi connectivity index (χ0) is 15.7. The van der Waals surface area contributed by atoms with Crippen molar-refractivity contribution in [1.82, 2.24) is 10.2 Å². The Bertz CT molecular complexity index is 524. The van der Waals surface area contributed by atoms with Crippen molar-refractivity contribution in [2.24, 2.45) is 5.92 Å². The monoisotopic (exact) mass is 288 g/mol. The van der Waals surface area contributed by atoms with Crippen LogP contribution >= 0.6 is 0 Å². The van der Waals surface area contributed by atoms with E-state index in [9.17, 15) is 4.79 Å². The van der Waals surface area contributed by atoms with E-state index in [1.807, 2.05) is 4.90 Å². The van der Waals surface area contributed by atoms with Crippen LogP contribution in [0.5, 0.6) is 0 Å². The van der Waals surface area contributed by atoms with Crippen LogP contribution in [0.4, 0.5) is 0 Å². The number of hydrogen-bond donors (Lipinski definition) is 1. The fourth-order valence-corrected chi connectivity index (χ4v) is 3.13. The van der Waals surface area contributed by atoms with E-state index in [-0.39, 0.29) is 24.2 Å². The van der Waals surface area contributed by atoms with Crippen LogP contribution in [0.2, 0.25) is 0 Å². The average Bonchev–Trinajstić information content (AvgIpc) is 2.75. The van der Waals surface area contributed by atoms with Gasteiger partial charge in [0.15, 0.2) is 0 Å². The minimum absolute atomic E-state index is 0.000417. The second-order valence-electron chi connectivity index (χ2n) is 6.65. The molecule has 0 saturated carbocycles. The summed E-state index contributed by atoms with van der Waals surface area (Å²) in [5, 5.41) is 3.56. The molecule has 3 atom stereocenters. The average molecular weight is 288 g/mol. The highest BCUT2D eigenvalue weighted by molar-refractivity contribution is 5.85. The van der Waals surface area contributed by atoms with Gasteiger partial charge < -0.3 is 4.90 Å². The Kier molecular flexibility index (Phi) is 4.72. The van der Waals surface area contributed by atoms with E-state index in [2.05, 4.69) is 65.1 Å². The summed E-state index contributed by atoms with van der Waals surface area (Å²) in [7, 11) is 0. The summed E-state index contributed by atoms with van der Waals surface area (Å²) in [6.45, 7) is 12.7. The van der Waals surface area contributed by atoms with Crippen LogP contribution in [0, 0.1) is 19.8 Å². The highest BCUT2D eigenvalue weighted by Crippen LogP contribution is 2.32. The third kappa shape index (κ3) is 2.98. The Morgan fingerprint density at radius 1 is 1.24 bits per heavy atom. The van der Waals surface area contributed by atoms with Gasteiger partial charge in [-0.1, -0.05) is 44.5 Å². The summed E-state index contributed by atoms with van der Waals surface area (Å²) in [6, 6.07) is 6.66. The minimum Gasteiger partial charge on any atom is -0.319 e. The van der Waals surface area contributed by atoms with Gasteiger partial charge >= 0.3 is 0 Å². The number of benzene rings is 1. The van der Waals surface area contributed by atoms with E-state index < -0.39 is 0 Å². The molecule has 0 aliphatic carbocycles. The van der Waals surface area contributed by atoms with Gasteiger partial charge in [0.25, 0.3) is 0 Å². The molecule has 1 fully saturated rings. The van der Waals surface area contributed by atoms with E-state index in [4.69, 9.17) is 0 Å². The number of amides is 1. The Balaban J connectivity index is 2.41. The van der Waals surface area contributed by atoms with E-state index in [0.29, 0.717) is 5.92 Å². The van der Waals surface area contributed by atoms with Crippen molar-refractivity contribution in [2.75, 3.05) is 0 Å². The maximum absolute atomic E-state index is 12.8. The molecule has 3 heteroatoms. The van der Waals surface area contributed by atoms with Crippen molar-refractivity contribution in [3.8, 4) is 0 Å². The predicted octanol–water partition coefficient (Wildman–Crippen LogP) is 3.56. The fourth-order valence-electron chi connectivity index (χ4n) is 3.13. The molecule has 116 valence electrons. The molecular formula is C18H28N2O. The number of aryl methyl sites for hydroxylation is 2. The van der Waals surface area contributed by atoms with Crippen LogP contribution in [0.3, 0.4) is 0 Å². The molecule has 3 nitrogen and oxygen atoms in total. The molecule has 1 saturated heterocycles. The van der Waals surface area contributed by atoms with Crippen molar-refractivity contribution in [3.05, 3.63) is 34.9 Å². The first-order valence-electron chi connectivity index (χ1n) is 8.02. The van der Waals surface area contributed by atoms with E-state index in [1.54, 1.807) is 0 Å². The Morgan fingerprint density at radius 3 is 2.43 bits per heavy atom. The summed E-state index contributed by atoms with van der Waals surface area (Å²) in [6.07, 6.45) is 0.972. The van der Waals surface area contributed by atoms with Gasteiger partial charge in [-0.3, -0.25) is 10.1 Å². The molecule has 0 radical (unpaired) electrons. The topological polar surface area (TPSA) is 32.3 Å². The number of rotatable bonds is 4. The third-order valence-electron chi connectivity index (χ3n) is 4.59. The fraction of sp³-hybridized carbons (Fsp3) is 0.611. The van der Waals surface area contributed by atoms with Crippen molar-refractivity contribution >= 4 is 5.91 Å². The summed E-state index contributed by atoms with van der Waals surface area (Å²) in [4.78, 5) is 14.8. The van der Waals surface area contributed by atoms with Crippen LogP contribution < -0.4 is 5.32 Å². The molecule has 1 N–H and O–H groups in total. The molecule has 0 bridgehead atoms. The van der Waals surface area contributed by atoms with E-state index >= 15 is 0 Å². The summed E-state index contributed by atoms with van der Waals surface area (Å²) in [5.41, 5.74) is 3.73. The normalized spacial score (nSPS) is 24.0. The lowest BCUT2D eigenvalue weighted by molar-refractivity contribution is -0.132. The van der Waals surface area contributed by atoms with Gasteiger partial charge in [-0.2, -0.15) is 0 Å². The molecule has 0 spiro atoms. The third-order valence-corrected chi connectivity index (χ3v) is 4.59. The zero-order valence-electron chi connectivity index (χ0n) is 14.1. The van der Waals surface area contributed by atoms with E-state index in [1.165, 1.54) is 16.7 Å². The smallest absolute Gasteiger partial charge is 0.241 e. The van der Waals surface area contributed by atoms with Crippen molar-refractivity contribution in [2.45, 2.75) is 66.2 Å². The first-order chi connectivity index (χ1) is 9.86. The molecule has 3 unspecified atom stereocenters. The molecule has 1 aromatic rings. The molecule has 1 aliphatic heterocycles. The second kappa shape index (κ2) is 6.18. The molecule has 0 aromatic heterocycles. The Morgan fingerprint density at radius 2 is 1.90 bits per heavy atom. The molecule has 1 amide bonds. The van der Waals surface area contributed by atoms with Gasteiger partial charge in [0.2, 0.25) is 5.91 Å². The van der Waals surface area contributed by atoms with Gasteiger partial charge in [0, 0.05) is 6.04 Å². The second-order valence-corrected chi connectivity index (χ2v) is 6.65. The lowest BCUT2D eigenvalue weighted by Gasteiger charge is -2.31. The van der Waals surface area contributed by atoms with Gasteiger partial charge in [-0.15, -0.1) is 0 Å². The highest BCUT2D eigenvalue weighted by atomic mass is 16.2. The van der Waals surface area contributed by atoms with Gasteiger partial charge in [0.1, 0.15) is 6.17 Å². The summed E-state index contributed by atoms with van der Waals surface area (Å²) >= 11 is 0. The van der Waals surface area contributed by atoms with Crippen LogP contribution in [0.1, 0.15) is 57.0 Å². The zero-order valence-corrected chi connectivity index (χ0v) is 14.1. The summed E-state index contributed by atoms with van der Waals surface area (Å²) in [5.74, 6) is 0.545. The molecule has 1 aromatic carbocycles. The van der Waals surface area contributed by atoms with Crippen molar-refractivity contribution < 1.29 is 4.79 Å². The van der Waals surface area contributed by atoms with Crippen molar-refractivity contribution in [1.29, 1.82) is 0 Å².